The fraction of sp³-hybridized carbons (Fsp3) is 0.286. The Bertz CT molecular complexity index is 972. The maximum absolute atomic E-state index is 13.2. The van der Waals surface area contributed by atoms with Crippen LogP contribution >= 0.6 is 0 Å². The second-order valence-corrected chi connectivity index (χ2v) is 7.58. The summed E-state index contributed by atoms with van der Waals surface area (Å²) in [6, 6.07) is 10.2. The molecule has 29 heavy (non-hydrogen) atoms. The van der Waals surface area contributed by atoms with Gasteiger partial charge in [0.15, 0.2) is 0 Å². The molecule has 1 fully saturated rings. The van der Waals surface area contributed by atoms with E-state index >= 15 is 0 Å². The van der Waals surface area contributed by atoms with Crippen molar-refractivity contribution < 1.29 is 9.50 Å². The lowest BCUT2D eigenvalue weighted by atomic mass is 9.96. The molecule has 1 aliphatic heterocycles. The highest BCUT2D eigenvalue weighted by molar-refractivity contribution is 5.66. The monoisotopic (exact) mass is 394 g/mol. The van der Waals surface area contributed by atoms with Crippen LogP contribution in [0.4, 0.5) is 27.5 Å². The Morgan fingerprint density at radius 1 is 1.10 bits per heavy atom. The summed E-state index contributed by atoms with van der Waals surface area (Å²) >= 11 is 0. The van der Waals surface area contributed by atoms with Crippen molar-refractivity contribution in [2.75, 3.05) is 28.6 Å². The quantitative estimate of drug-likeness (QED) is 0.590. The first-order chi connectivity index (χ1) is 13.9. The third-order valence-electron chi connectivity index (χ3n) is 4.79. The third kappa shape index (κ3) is 4.60. The van der Waals surface area contributed by atoms with Crippen molar-refractivity contribution in [2.45, 2.75) is 25.5 Å². The Balaban J connectivity index is 1.59. The number of pyridine rings is 1. The molecule has 2 aromatic heterocycles. The average molecular weight is 394 g/mol. The summed E-state index contributed by atoms with van der Waals surface area (Å²) in [5.74, 6) is 1.60. The normalized spacial score (nSPS) is 16.1. The van der Waals surface area contributed by atoms with E-state index in [1.807, 2.05) is 26.0 Å². The molecule has 1 aliphatic rings. The van der Waals surface area contributed by atoms with Crippen molar-refractivity contribution in [1.29, 1.82) is 0 Å². The summed E-state index contributed by atoms with van der Waals surface area (Å²) in [4.78, 5) is 15.0. The van der Waals surface area contributed by atoms with E-state index in [0.29, 0.717) is 30.5 Å². The zero-order valence-electron chi connectivity index (χ0n) is 16.3. The molecule has 3 aromatic rings. The minimum absolute atomic E-state index is 0.0674. The number of hydrogen-bond acceptors (Lipinski definition) is 7. The van der Waals surface area contributed by atoms with Crippen molar-refractivity contribution in [3.63, 3.8) is 0 Å². The van der Waals surface area contributed by atoms with E-state index < -0.39 is 5.60 Å². The Morgan fingerprint density at radius 2 is 1.83 bits per heavy atom. The van der Waals surface area contributed by atoms with Crippen LogP contribution < -0.4 is 15.5 Å². The first kappa shape index (κ1) is 19.1. The Kier molecular flexibility index (Phi) is 5.02. The second-order valence-electron chi connectivity index (χ2n) is 7.58. The number of nitrogens with zero attached hydrogens (tertiary/aromatic N) is 4. The second kappa shape index (κ2) is 7.63. The first-order valence-corrected chi connectivity index (χ1v) is 9.42. The Hall–Kier alpha value is -3.26. The molecule has 0 radical (unpaired) electrons. The van der Waals surface area contributed by atoms with Crippen LogP contribution in [0.15, 0.2) is 55.0 Å². The van der Waals surface area contributed by atoms with Gasteiger partial charge < -0.3 is 20.6 Å². The highest BCUT2D eigenvalue weighted by Gasteiger charge is 2.36. The molecule has 0 unspecified atom stereocenters. The van der Waals surface area contributed by atoms with Crippen LogP contribution in [0.2, 0.25) is 0 Å². The van der Waals surface area contributed by atoms with Crippen LogP contribution in [0.5, 0.6) is 0 Å². The minimum Gasteiger partial charge on any atom is -0.386 e. The Labute approximate surface area is 168 Å². The molecule has 7 nitrogen and oxygen atoms in total. The molecule has 4 rings (SSSR count). The highest BCUT2D eigenvalue weighted by atomic mass is 19.1. The van der Waals surface area contributed by atoms with Crippen LogP contribution in [0, 0.1) is 5.82 Å². The molecule has 1 saturated heterocycles. The van der Waals surface area contributed by atoms with Gasteiger partial charge in [-0.1, -0.05) is 12.1 Å². The van der Waals surface area contributed by atoms with Crippen LogP contribution in [0.1, 0.15) is 25.5 Å². The lowest BCUT2D eigenvalue weighted by Crippen LogP contribution is -2.60. The van der Waals surface area contributed by atoms with Gasteiger partial charge in [0.05, 0.1) is 11.8 Å². The average Bonchev–Trinajstić information content (AvgIpc) is 2.67. The van der Waals surface area contributed by atoms with Crippen molar-refractivity contribution >= 4 is 23.1 Å². The number of anilines is 4. The predicted molar refractivity (Wildman–Crippen MR) is 111 cm³/mol. The maximum Gasteiger partial charge on any atom is 0.150 e. The SMILES string of the molecule is C[C@H](Nc1cc(N2CC(C)(O)C2)cc(Nc2cnccn2)n1)c1ccc(F)cc1. The van der Waals surface area contributed by atoms with Gasteiger partial charge in [-0.3, -0.25) is 4.98 Å². The van der Waals surface area contributed by atoms with Crippen LogP contribution in [-0.2, 0) is 0 Å². The molecule has 0 spiro atoms. The van der Waals surface area contributed by atoms with Crippen molar-refractivity contribution in [2.24, 2.45) is 0 Å². The number of aliphatic hydroxyl groups is 1. The molecule has 1 atom stereocenters. The van der Waals surface area contributed by atoms with Gasteiger partial charge in [-0.25, -0.2) is 14.4 Å². The van der Waals surface area contributed by atoms with Crippen molar-refractivity contribution in [1.82, 2.24) is 15.0 Å². The summed E-state index contributed by atoms with van der Waals surface area (Å²) in [7, 11) is 0. The standard InChI is InChI=1S/C21H23FN6O/c1-14(15-3-5-16(22)6-4-15)25-18-9-17(28-12-21(2,29)13-28)10-19(26-18)27-20-11-23-7-8-24-20/h3-11,14,29H,12-13H2,1-2H3,(H2,24,25,26,27)/t14-/m0/s1. The molecule has 1 aromatic carbocycles. The van der Waals surface area contributed by atoms with Gasteiger partial charge >= 0.3 is 0 Å². The van der Waals surface area contributed by atoms with E-state index in [2.05, 4.69) is 30.5 Å². The fourth-order valence-electron chi connectivity index (χ4n) is 3.35. The highest BCUT2D eigenvalue weighted by Crippen LogP contribution is 2.32. The topological polar surface area (TPSA) is 86.2 Å². The van der Waals surface area contributed by atoms with E-state index in [0.717, 1.165) is 11.3 Å². The predicted octanol–water partition coefficient (Wildman–Crippen LogP) is 3.50. The minimum atomic E-state index is -0.684. The number of aromatic nitrogens is 3. The molecule has 0 amide bonds. The number of nitrogens with one attached hydrogen (secondary N) is 2. The van der Waals surface area contributed by atoms with Crippen LogP contribution in [-0.4, -0.2) is 38.7 Å². The summed E-state index contributed by atoms with van der Waals surface area (Å²) in [6.07, 6.45) is 4.83. The van der Waals surface area contributed by atoms with Gasteiger partial charge in [0.1, 0.15) is 23.3 Å². The zero-order chi connectivity index (χ0) is 20.4. The van der Waals surface area contributed by atoms with E-state index in [4.69, 9.17) is 0 Å². The smallest absolute Gasteiger partial charge is 0.150 e. The van der Waals surface area contributed by atoms with Gasteiger partial charge in [-0.05, 0) is 31.5 Å². The van der Waals surface area contributed by atoms with Gasteiger partial charge in [0.2, 0.25) is 0 Å². The summed E-state index contributed by atoms with van der Waals surface area (Å²) < 4.78 is 13.2. The van der Waals surface area contributed by atoms with Gasteiger partial charge in [-0.15, -0.1) is 0 Å². The number of rotatable bonds is 6. The molecule has 8 heteroatoms. The molecular formula is C21H23FN6O. The van der Waals surface area contributed by atoms with Crippen LogP contribution in [0.3, 0.4) is 0 Å². The summed E-state index contributed by atoms with van der Waals surface area (Å²) in [5.41, 5.74) is 1.21. The summed E-state index contributed by atoms with van der Waals surface area (Å²) in [6.45, 7) is 4.91. The number of benzene rings is 1. The van der Waals surface area contributed by atoms with Gasteiger partial charge in [-0.2, -0.15) is 0 Å². The molecular weight excluding hydrogens is 371 g/mol. The molecule has 3 heterocycles. The molecule has 150 valence electrons. The van der Waals surface area contributed by atoms with E-state index in [-0.39, 0.29) is 11.9 Å². The largest absolute Gasteiger partial charge is 0.386 e. The van der Waals surface area contributed by atoms with Gasteiger partial charge in [0.25, 0.3) is 0 Å². The molecule has 0 aliphatic carbocycles. The Morgan fingerprint density at radius 3 is 2.48 bits per heavy atom. The summed E-state index contributed by atoms with van der Waals surface area (Å²) in [5, 5.41) is 16.6. The number of halogens is 1. The number of β-amino-alcohol motifs (C(OH)–C–C–N with tert-alkyl or cyclic N) is 1. The van der Waals surface area contributed by atoms with Crippen molar-refractivity contribution in [3.8, 4) is 0 Å². The first-order valence-electron chi connectivity index (χ1n) is 9.42. The molecule has 0 saturated carbocycles. The maximum atomic E-state index is 13.2. The molecule has 3 N–H and O–H groups in total. The zero-order valence-corrected chi connectivity index (χ0v) is 16.3. The van der Waals surface area contributed by atoms with E-state index in [9.17, 15) is 9.50 Å². The van der Waals surface area contributed by atoms with Crippen LogP contribution in [0.25, 0.3) is 0 Å². The fourth-order valence-corrected chi connectivity index (χ4v) is 3.35. The molecule has 0 bridgehead atoms. The van der Waals surface area contributed by atoms with Gasteiger partial charge in [0, 0.05) is 49.3 Å². The lowest BCUT2D eigenvalue weighted by molar-refractivity contribution is 0.0310. The third-order valence-corrected chi connectivity index (χ3v) is 4.79. The van der Waals surface area contributed by atoms with Crippen molar-refractivity contribution in [3.05, 3.63) is 66.4 Å². The van der Waals surface area contributed by atoms with E-state index in [1.54, 1.807) is 30.7 Å². The lowest BCUT2D eigenvalue weighted by Gasteiger charge is -2.45. The number of hydrogen-bond donors (Lipinski definition) is 3. The van der Waals surface area contributed by atoms with E-state index in [1.165, 1.54) is 12.1 Å².